The average molecular weight is 520 g/mol. The Morgan fingerprint density at radius 3 is 2.14 bits per heavy atom. The van der Waals surface area contributed by atoms with Crippen molar-refractivity contribution in [3.8, 4) is 5.75 Å². The van der Waals surface area contributed by atoms with Crippen molar-refractivity contribution in [3.05, 3.63) is 101 Å². The number of ether oxygens (including phenoxy) is 2. The van der Waals surface area contributed by atoms with Crippen LogP contribution in [-0.4, -0.2) is 35.4 Å². The molecule has 0 aliphatic carbocycles. The molecule has 3 aromatic rings. The number of aliphatic carboxylic acids is 1. The lowest BCUT2D eigenvalue weighted by Gasteiger charge is -2.22. The van der Waals surface area contributed by atoms with Crippen LogP contribution in [0.25, 0.3) is 0 Å². The van der Waals surface area contributed by atoms with Crippen molar-refractivity contribution in [2.75, 3.05) is 13.2 Å². The molecule has 0 bridgehead atoms. The van der Waals surface area contributed by atoms with E-state index in [1.165, 1.54) is 11.1 Å². The van der Waals surface area contributed by atoms with Crippen molar-refractivity contribution in [2.24, 2.45) is 0 Å². The van der Waals surface area contributed by atoms with E-state index in [9.17, 15) is 9.90 Å². The number of carboxylic acid groups (broad SMARTS) is 1. The van der Waals surface area contributed by atoms with Crippen LogP contribution in [0.3, 0.4) is 0 Å². The van der Waals surface area contributed by atoms with Gasteiger partial charge >= 0.3 is 5.97 Å². The van der Waals surface area contributed by atoms with Gasteiger partial charge in [-0.05, 0) is 46.7 Å². The molecule has 0 aliphatic rings. The van der Waals surface area contributed by atoms with E-state index in [4.69, 9.17) is 21.7 Å². The highest BCUT2D eigenvalue weighted by molar-refractivity contribution is 7.80. The lowest BCUT2D eigenvalue weighted by atomic mass is 9.87. The highest BCUT2D eigenvalue weighted by Gasteiger charge is 2.20. The third-order valence-electron chi connectivity index (χ3n) is 6.21. The standard InChI is InChI=1S/C31H37NO4S/c1-5-35-28(30(33)34)19-22-13-17-26(18-14-22)36-21-27(24-9-7-6-8-10-24)29(37)32-20-23-11-15-25(16-12-23)31(2,3)4/h6-18,27-28H,5,19-21H2,1-4H3,(H,32,37)(H,33,34)/t27-,28+/m0/s1. The number of hydrogen-bond donors (Lipinski definition) is 2. The van der Waals surface area contributed by atoms with E-state index in [0.717, 1.165) is 16.1 Å². The molecule has 6 heteroatoms. The van der Waals surface area contributed by atoms with Crippen LogP contribution >= 0.6 is 12.2 Å². The van der Waals surface area contributed by atoms with Crippen molar-refractivity contribution in [2.45, 2.75) is 58.1 Å². The van der Waals surface area contributed by atoms with Crippen molar-refractivity contribution in [3.63, 3.8) is 0 Å². The van der Waals surface area contributed by atoms with Gasteiger partial charge in [-0.15, -0.1) is 0 Å². The average Bonchev–Trinajstić information content (AvgIpc) is 2.88. The first-order chi connectivity index (χ1) is 17.7. The maximum absolute atomic E-state index is 11.4. The Kier molecular flexibility index (Phi) is 10.2. The van der Waals surface area contributed by atoms with Gasteiger partial charge in [-0.1, -0.05) is 99.7 Å². The summed E-state index contributed by atoms with van der Waals surface area (Å²) in [6.07, 6.45) is -0.548. The SMILES string of the molecule is CCO[C@H](Cc1ccc(OC[C@H](C(=S)NCc2ccc(C(C)(C)C)cc2)c2ccccc2)cc1)C(=O)O. The molecule has 0 heterocycles. The first-order valence-electron chi connectivity index (χ1n) is 12.7. The zero-order valence-electron chi connectivity index (χ0n) is 22.1. The van der Waals surface area contributed by atoms with Crippen molar-refractivity contribution in [1.29, 1.82) is 0 Å². The second kappa shape index (κ2) is 13.4. The molecule has 0 aliphatic heterocycles. The first-order valence-corrected chi connectivity index (χ1v) is 13.1. The molecule has 0 fully saturated rings. The molecule has 196 valence electrons. The molecule has 3 aromatic carbocycles. The van der Waals surface area contributed by atoms with Crippen LogP contribution in [0.5, 0.6) is 5.75 Å². The second-order valence-corrected chi connectivity index (χ2v) is 10.5. The highest BCUT2D eigenvalue weighted by atomic mass is 32.1. The van der Waals surface area contributed by atoms with Gasteiger partial charge in [0.25, 0.3) is 0 Å². The molecule has 2 atom stereocenters. The summed E-state index contributed by atoms with van der Waals surface area (Å²) in [7, 11) is 0. The van der Waals surface area contributed by atoms with Crippen molar-refractivity contribution < 1.29 is 19.4 Å². The number of benzene rings is 3. The minimum Gasteiger partial charge on any atom is -0.493 e. The molecule has 0 saturated heterocycles. The van der Waals surface area contributed by atoms with E-state index in [-0.39, 0.29) is 11.3 Å². The quantitative estimate of drug-likeness (QED) is 0.274. The molecule has 0 amide bonds. The summed E-state index contributed by atoms with van der Waals surface area (Å²) in [5, 5.41) is 12.7. The smallest absolute Gasteiger partial charge is 0.333 e. The van der Waals surface area contributed by atoms with Gasteiger partial charge in [0.2, 0.25) is 0 Å². The van der Waals surface area contributed by atoms with Gasteiger partial charge in [-0.3, -0.25) is 0 Å². The summed E-state index contributed by atoms with van der Waals surface area (Å²) in [5.74, 6) is -0.369. The number of rotatable bonds is 12. The number of nitrogens with one attached hydrogen (secondary N) is 1. The first kappa shape index (κ1) is 28.4. The molecular formula is C31H37NO4S. The fraction of sp³-hybridized carbons (Fsp3) is 0.355. The minimum absolute atomic E-state index is 0.112. The van der Waals surface area contributed by atoms with Gasteiger partial charge in [0.1, 0.15) is 12.4 Å². The summed E-state index contributed by atoms with van der Waals surface area (Å²) in [4.78, 5) is 12.1. The van der Waals surface area contributed by atoms with Gasteiger partial charge in [0.05, 0.1) is 10.9 Å². The number of thiocarbonyl (C=S) groups is 1. The zero-order valence-corrected chi connectivity index (χ0v) is 22.9. The van der Waals surface area contributed by atoms with Crippen molar-refractivity contribution >= 4 is 23.2 Å². The number of carbonyl (C=O) groups is 1. The monoisotopic (exact) mass is 519 g/mol. The third kappa shape index (κ3) is 8.69. The molecule has 37 heavy (non-hydrogen) atoms. The summed E-state index contributed by atoms with van der Waals surface area (Å²) in [5.41, 5.74) is 4.56. The number of hydrogen-bond acceptors (Lipinski definition) is 4. The lowest BCUT2D eigenvalue weighted by Crippen LogP contribution is -2.30. The zero-order chi connectivity index (χ0) is 26.8. The van der Waals surface area contributed by atoms with Crippen LogP contribution in [0.15, 0.2) is 78.9 Å². The summed E-state index contributed by atoms with van der Waals surface area (Å²) in [6, 6.07) is 26.2. The maximum atomic E-state index is 11.4. The Labute approximate surface area is 225 Å². The Morgan fingerprint density at radius 1 is 0.946 bits per heavy atom. The predicted octanol–water partition coefficient (Wildman–Crippen LogP) is 6.30. The molecule has 2 N–H and O–H groups in total. The fourth-order valence-electron chi connectivity index (χ4n) is 3.98. The normalized spacial score (nSPS) is 13.0. The molecule has 0 spiro atoms. The van der Waals surface area contributed by atoms with E-state index >= 15 is 0 Å². The number of carboxylic acids is 1. The minimum atomic E-state index is -0.959. The van der Waals surface area contributed by atoms with Gasteiger partial charge in [0.15, 0.2) is 6.10 Å². The van der Waals surface area contributed by atoms with Gasteiger partial charge in [-0.25, -0.2) is 4.79 Å². The Balaban J connectivity index is 1.63. The third-order valence-corrected chi connectivity index (χ3v) is 6.64. The van der Waals surface area contributed by atoms with Gasteiger partial charge in [-0.2, -0.15) is 0 Å². The van der Waals surface area contributed by atoms with Gasteiger partial charge < -0.3 is 19.9 Å². The van der Waals surface area contributed by atoms with Crippen LogP contribution in [0.2, 0.25) is 0 Å². The summed E-state index contributed by atoms with van der Waals surface area (Å²) < 4.78 is 11.4. The highest BCUT2D eigenvalue weighted by Crippen LogP contribution is 2.23. The summed E-state index contributed by atoms with van der Waals surface area (Å²) >= 11 is 5.81. The molecule has 5 nitrogen and oxygen atoms in total. The largest absolute Gasteiger partial charge is 0.493 e. The lowest BCUT2D eigenvalue weighted by molar-refractivity contribution is -0.149. The van der Waals surface area contributed by atoms with E-state index in [0.29, 0.717) is 31.9 Å². The van der Waals surface area contributed by atoms with Gasteiger partial charge in [0, 0.05) is 19.6 Å². The Bertz CT molecular complexity index is 1140. The predicted molar refractivity (Wildman–Crippen MR) is 152 cm³/mol. The molecular weight excluding hydrogens is 482 g/mol. The van der Waals surface area contributed by atoms with E-state index in [2.05, 4.69) is 62.5 Å². The van der Waals surface area contributed by atoms with Crippen LogP contribution in [0.1, 0.15) is 55.9 Å². The van der Waals surface area contributed by atoms with E-state index in [1.54, 1.807) is 6.92 Å². The van der Waals surface area contributed by atoms with Crippen molar-refractivity contribution in [1.82, 2.24) is 5.32 Å². The Morgan fingerprint density at radius 2 is 1.57 bits per heavy atom. The van der Waals surface area contributed by atoms with Crippen LogP contribution in [0.4, 0.5) is 0 Å². The molecule has 0 saturated carbocycles. The summed E-state index contributed by atoms with van der Waals surface area (Å²) in [6.45, 7) is 9.80. The Hall–Kier alpha value is -3.22. The van der Waals surface area contributed by atoms with Crippen LogP contribution in [0, 0.1) is 0 Å². The topological polar surface area (TPSA) is 67.8 Å². The fourth-order valence-corrected chi connectivity index (χ4v) is 4.25. The molecule has 0 radical (unpaired) electrons. The molecule has 0 aromatic heterocycles. The maximum Gasteiger partial charge on any atom is 0.333 e. The van der Waals surface area contributed by atoms with Crippen LogP contribution < -0.4 is 10.1 Å². The molecule has 0 unspecified atom stereocenters. The second-order valence-electron chi connectivity index (χ2n) is 10.1. The van der Waals surface area contributed by atoms with Crippen LogP contribution in [-0.2, 0) is 27.9 Å². The van der Waals surface area contributed by atoms with E-state index < -0.39 is 12.1 Å². The molecule has 3 rings (SSSR count). The van der Waals surface area contributed by atoms with E-state index in [1.807, 2.05) is 42.5 Å².